The maximum Gasteiger partial charge on any atom is 0.256 e. The van der Waals surface area contributed by atoms with Gasteiger partial charge >= 0.3 is 0 Å². The number of hydrogen-bond donors (Lipinski definition) is 2. The van der Waals surface area contributed by atoms with Crippen LogP contribution in [0.2, 0.25) is 0 Å². The molecule has 0 aliphatic heterocycles. The van der Waals surface area contributed by atoms with Crippen LogP contribution in [-0.4, -0.2) is 30.6 Å². The van der Waals surface area contributed by atoms with Crippen LogP contribution < -0.4 is 10.9 Å². The molecule has 0 bridgehead atoms. The summed E-state index contributed by atoms with van der Waals surface area (Å²) >= 11 is 0. The molecule has 0 aromatic carbocycles. The summed E-state index contributed by atoms with van der Waals surface area (Å²) < 4.78 is 1.44. The number of aromatic amines is 1. The zero-order valence-corrected chi connectivity index (χ0v) is 10.7. The second-order valence-electron chi connectivity index (χ2n) is 4.11. The third-order valence-electron chi connectivity index (χ3n) is 2.71. The van der Waals surface area contributed by atoms with Crippen molar-refractivity contribution in [2.45, 2.75) is 0 Å². The Balaban J connectivity index is 1.92. The maximum absolute atomic E-state index is 12.2. The first-order chi connectivity index (χ1) is 10.2. The van der Waals surface area contributed by atoms with Gasteiger partial charge in [0.1, 0.15) is 12.7 Å². The van der Waals surface area contributed by atoms with Gasteiger partial charge in [0.2, 0.25) is 5.56 Å². The smallest absolute Gasteiger partial charge is 0.256 e. The van der Waals surface area contributed by atoms with Gasteiger partial charge < -0.3 is 10.3 Å². The number of hydrogen-bond acceptors (Lipinski definition) is 5. The van der Waals surface area contributed by atoms with Crippen LogP contribution in [0, 0.1) is 0 Å². The Labute approximate surface area is 118 Å². The predicted molar refractivity (Wildman–Crippen MR) is 74.2 cm³/mol. The number of anilines is 1. The molecule has 2 N–H and O–H groups in total. The van der Waals surface area contributed by atoms with E-state index in [0.29, 0.717) is 11.5 Å². The Hall–Kier alpha value is -3.29. The molecule has 0 saturated carbocycles. The normalized spacial score (nSPS) is 10.3. The quantitative estimate of drug-likeness (QED) is 0.732. The van der Waals surface area contributed by atoms with Crippen molar-refractivity contribution in [2.75, 3.05) is 5.32 Å². The lowest BCUT2D eigenvalue weighted by molar-refractivity contribution is 0.102. The molecule has 8 nitrogen and oxygen atoms in total. The van der Waals surface area contributed by atoms with Crippen LogP contribution in [-0.2, 0) is 0 Å². The molecule has 1 amide bonds. The summed E-state index contributed by atoms with van der Waals surface area (Å²) in [6.07, 6.45) is 5.85. The third-order valence-corrected chi connectivity index (χ3v) is 2.71. The van der Waals surface area contributed by atoms with Crippen LogP contribution in [0.3, 0.4) is 0 Å². The first kappa shape index (κ1) is 12.7. The molecule has 3 aromatic heterocycles. The van der Waals surface area contributed by atoms with Crippen molar-refractivity contribution in [2.24, 2.45) is 0 Å². The SMILES string of the molecule is O=C(Nc1cccnc1-n1cncn1)c1cc[nH]c(=O)c1. The van der Waals surface area contributed by atoms with E-state index in [9.17, 15) is 9.59 Å². The van der Waals surface area contributed by atoms with E-state index in [1.165, 1.54) is 35.7 Å². The Bertz CT molecular complexity index is 824. The van der Waals surface area contributed by atoms with Gasteiger partial charge in [0.05, 0.1) is 5.69 Å². The first-order valence-corrected chi connectivity index (χ1v) is 6.04. The Morgan fingerprint density at radius 3 is 3.00 bits per heavy atom. The minimum atomic E-state index is -0.407. The van der Waals surface area contributed by atoms with Crippen LogP contribution in [0.4, 0.5) is 5.69 Å². The Morgan fingerprint density at radius 1 is 1.33 bits per heavy atom. The highest BCUT2D eigenvalue weighted by atomic mass is 16.2. The van der Waals surface area contributed by atoms with E-state index >= 15 is 0 Å². The molecule has 3 heterocycles. The maximum atomic E-state index is 12.2. The summed E-state index contributed by atoms with van der Waals surface area (Å²) in [5, 5.41) is 6.68. The van der Waals surface area contributed by atoms with Gasteiger partial charge in [0, 0.05) is 24.0 Å². The van der Waals surface area contributed by atoms with Gasteiger partial charge in [-0.05, 0) is 18.2 Å². The second kappa shape index (κ2) is 5.37. The fourth-order valence-electron chi connectivity index (χ4n) is 1.78. The number of carbonyl (C=O) groups is 1. The van der Waals surface area contributed by atoms with Crippen molar-refractivity contribution in [3.63, 3.8) is 0 Å². The van der Waals surface area contributed by atoms with Crippen LogP contribution in [0.15, 0.2) is 54.1 Å². The summed E-state index contributed by atoms with van der Waals surface area (Å²) in [4.78, 5) is 33.8. The molecule has 21 heavy (non-hydrogen) atoms. The number of nitrogens with one attached hydrogen (secondary N) is 2. The van der Waals surface area contributed by atoms with Crippen molar-refractivity contribution in [1.82, 2.24) is 24.7 Å². The predicted octanol–water partition coefficient (Wildman–Crippen LogP) is 0.603. The summed E-state index contributed by atoms with van der Waals surface area (Å²) in [5.74, 6) is 0.0312. The molecule has 0 radical (unpaired) electrons. The summed E-state index contributed by atoms with van der Waals surface area (Å²) in [6, 6.07) is 6.12. The van der Waals surface area contributed by atoms with E-state index in [2.05, 4.69) is 25.4 Å². The highest BCUT2D eigenvalue weighted by Gasteiger charge is 2.11. The van der Waals surface area contributed by atoms with E-state index in [4.69, 9.17) is 0 Å². The fraction of sp³-hybridized carbons (Fsp3) is 0. The van der Waals surface area contributed by atoms with Gasteiger partial charge in [0.25, 0.3) is 5.91 Å². The third kappa shape index (κ3) is 2.68. The molecule has 0 aliphatic rings. The summed E-state index contributed by atoms with van der Waals surface area (Å²) in [7, 11) is 0. The molecule has 8 heteroatoms. The van der Waals surface area contributed by atoms with Crippen LogP contribution >= 0.6 is 0 Å². The van der Waals surface area contributed by atoms with Gasteiger partial charge in [-0.15, -0.1) is 0 Å². The van der Waals surface area contributed by atoms with Crippen LogP contribution in [0.1, 0.15) is 10.4 Å². The standard InChI is InChI=1S/C13H10N6O2/c20-11-6-9(3-5-15-11)13(21)18-10-2-1-4-16-12(10)19-8-14-7-17-19/h1-8H,(H,15,20)(H,18,21). The zero-order chi connectivity index (χ0) is 14.7. The van der Waals surface area contributed by atoms with Crippen molar-refractivity contribution in [3.8, 4) is 5.82 Å². The average Bonchev–Trinajstić information content (AvgIpc) is 3.02. The first-order valence-electron chi connectivity index (χ1n) is 6.04. The lowest BCUT2D eigenvalue weighted by Crippen LogP contribution is -2.17. The number of carbonyl (C=O) groups excluding carboxylic acids is 1. The topological polar surface area (TPSA) is 106 Å². The molecule has 0 aliphatic carbocycles. The summed E-state index contributed by atoms with van der Waals surface area (Å²) in [6.45, 7) is 0. The lowest BCUT2D eigenvalue weighted by Gasteiger charge is -2.09. The van der Waals surface area contributed by atoms with Crippen molar-refractivity contribution < 1.29 is 4.79 Å². The van der Waals surface area contributed by atoms with Gasteiger partial charge in [0.15, 0.2) is 5.82 Å². The Morgan fingerprint density at radius 2 is 2.24 bits per heavy atom. The van der Waals surface area contributed by atoms with Crippen LogP contribution in [0.5, 0.6) is 0 Å². The number of nitrogens with zero attached hydrogens (tertiary/aromatic N) is 4. The lowest BCUT2D eigenvalue weighted by atomic mass is 10.2. The van der Waals surface area contributed by atoms with Gasteiger partial charge in [-0.1, -0.05) is 0 Å². The van der Waals surface area contributed by atoms with Gasteiger partial charge in [-0.2, -0.15) is 5.10 Å². The summed E-state index contributed by atoms with van der Waals surface area (Å²) in [5.41, 5.74) is 0.380. The zero-order valence-electron chi connectivity index (χ0n) is 10.7. The fourth-order valence-corrected chi connectivity index (χ4v) is 1.78. The minimum absolute atomic E-state index is 0.257. The molecule has 0 atom stereocenters. The van der Waals surface area contributed by atoms with Crippen molar-refractivity contribution in [3.05, 3.63) is 65.2 Å². The molecular weight excluding hydrogens is 272 g/mol. The van der Waals surface area contributed by atoms with E-state index in [1.54, 1.807) is 18.3 Å². The molecule has 0 unspecified atom stereocenters. The molecular formula is C13H10N6O2. The average molecular weight is 282 g/mol. The van der Waals surface area contributed by atoms with E-state index < -0.39 is 5.91 Å². The Kier molecular flexibility index (Phi) is 3.26. The molecule has 0 fully saturated rings. The van der Waals surface area contributed by atoms with E-state index in [-0.39, 0.29) is 11.1 Å². The highest BCUT2D eigenvalue weighted by Crippen LogP contribution is 2.16. The van der Waals surface area contributed by atoms with Crippen molar-refractivity contribution >= 4 is 11.6 Å². The molecule has 0 saturated heterocycles. The number of aromatic nitrogens is 5. The van der Waals surface area contributed by atoms with E-state index in [0.717, 1.165) is 0 Å². The van der Waals surface area contributed by atoms with Crippen LogP contribution in [0.25, 0.3) is 5.82 Å². The second-order valence-corrected chi connectivity index (χ2v) is 4.11. The molecule has 3 aromatic rings. The molecule has 0 spiro atoms. The van der Waals surface area contributed by atoms with Gasteiger partial charge in [-0.25, -0.2) is 14.6 Å². The van der Waals surface area contributed by atoms with Gasteiger partial charge in [-0.3, -0.25) is 9.59 Å². The molecule has 3 rings (SSSR count). The van der Waals surface area contributed by atoms with E-state index in [1.807, 2.05) is 0 Å². The number of rotatable bonds is 3. The highest BCUT2D eigenvalue weighted by molar-refractivity contribution is 6.04. The number of pyridine rings is 2. The number of H-pyrrole nitrogens is 1. The monoisotopic (exact) mass is 282 g/mol. The molecule has 104 valence electrons. The minimum Gasteiger partial charge on any atom is -0.329 e. The van der Waals surface area contributed by atoms with Crippen molar-refractivity contribution in [1.29, 1.82) is 0 Å². The largest absolute Gasteiger partial charge is 0.329 e. The number of amides is 1.